The highest BCUT2D eigenvalue weighted by Crippen LogP contribution is 2.31. The molecule has 0 atom stereocenters. The van der Waals surface area contributed by atoms with Crippen molar-refractivity contribution in [2.45, 2.75) is 38.8 Å². The van der Waals surface area contributed by atoms with Crippen LogP contribution in [-0.2, 0) is 4.79 Å². The van der Waals surface area contributed by atoms with E-state index in [-0.39, 0.29) is 24.7 Å². The molecule has 2 amide bonds. The molecule has 1 aromatic carbocycles. The summed E-state index contributed by atoms with van der Waals surface area (Å²) in [6.45, 7) is 4.49. The predicted octanol–water partition coefficient (Wildman–Crippen LogP) is 2.72. The Morgan fingerprint density at radius 1 is 1.40 bits per heavy atom. The fraction of sp³-hybridized carbons (Fsp3) is 0.529. The molecule has 0 heterocycles. The number of carboxylic acid groups (broad SMARTS) is 1. The number of benzene rings is 1. The monoisotopic (exact) mass is 369 g/mol. The molecular formula is C17H24ClN3O4. The molecule has 1 aliphatic rings. The number of methoxy groups -OCH3 is 1. The second-order valence-corrected chi connectivity index (χ2v) is 6.59. The quantitative estimate of drug-likeness (QED) is 0.687. The van der Waals surface area contributed by atoms with Gasteiger partial charge in [-0.2, -0.15) is 0 Å². The van der Waals surface area contributed by atoms with E-state index in [4.69, 9.17) is 21.4 Å². The third kappa shape index (κ3) is 4.99. The lowest BCUT2D eigenvalue weighted by Gasteiger charge is -2.42. The number of nitrogens with zero attached hydrogens (tertiary/aromatic N) is 1. The molecule has 1 aliphatic carbocycles. The number of likely N-dealkylation sites (N-methyl/N-ethyl adjacent to an activating group) is 1. The Morgan fingerprint density at radius 2 is 2.08 bits per heavy atom. The number of nitrogens with one attached hydrogen (secondary N) is 2. The highest BCUT2D eigenvalue weighted by atomic mass is 35.5. The molecule has 2 rings (SSSR count). The minimum Gasteiger partial charge on any atom is -0.495 e. The van der Waals surface area contributed by atoms with Gasteiger partial charge in [0.1, 0.15) is 5.75 Å². The van der Waals surface area contributed by atoms with Crippen molar-refractivity contribution in [3.05, 3.63) is 22.7 Å². The molecular weight excluding hydrogens is 346 g/mol. The van der Waals surface area contributed by atoms with Crippen LogP contribution in [0.3, 0.4) is 0 Å². The molecule has 0 bridgehead atoms. The number of halogens is 1. The first-order valence-corrected chi connectivity index (χ1v) is 8.59. The van der Waals surface area contributed by atoms with E-state index in [1.54, 1.807) is 12.1 Å². The average molecular weight is 370 g/mol. The summed E-state index contributed by atoms with van der Waals surface area (Å²) < 4.78 is 5.24. The van der Waals surface area contributed by atoms with Gasteiger partial charge in [-0.15, -0.1) is 0 Å². The molecule has 8 heteroatoms. The van der Waals surface area contributed by atoms with Crippen molar-refractivity contribution in [3.63, 3.8) is 0 Å². The van der Waals surface area contributed by atoms with Crippen LogP contribution in [0.1, 0.15) is 25.3 Å². The number of urea groups is 1. The molecule has 1 saturated carbocycles. The van der Waals surface area contributed by atoms with Crippen LogP contribution in [0.15, 0.2) is 12.1 Å². The normalized spacial score (nSPS) is 19.2. The minimum absolute atomic E-state index is 0.0291. The van der Waals surface area contributed by atoms with E-state index in [0.29, 0.717) is 23.0 Å². The predicted molar refractivity (Wildman–Crippen MR) is 96.6 cm³/mol. The number of carbonyl (C=O) groups is 2. The van der Waals surface area contributed by atoms with Gasteiger partial charge in [-0.05, 0) is 37.9 Å². The highest BCUT2D eigenvalue weighted by molar-refractivity contribution is 6.31. The van der Waals surface area contributed by atoms with Gasteiger partial charge in [0.15, 0.2) is 0 Å². The van der Waals surface area contributed by atoms with Crippen molar-refractivity contribution in [2.24, 2.45) is 0 Å². The molecule has 138 valence electrons. The zero-order chi connectivity index (χ0) is 18.6. The molecule has 3 N–H and O–H groups in total. The second-order valence-electron chi connectivity index (χ2n) is 6.18. The second kappa shape index (κ2) is 8.40. The highest BCUT2D eigenvalue weighted by Gasteiger charge is 2.34. The molecule has 0 aliphatic heterocycles. The number of rotatable bonds is 7. The third-order valence-corrected chi connectivity index (χ3v) is 4.85. The Morgan fingerprint density at radius 3 is 2.64 bits per heavy atom. The number of ether oxygens (including phenoxy) is 1. The van der Waals surface area contributed by atoms with Gasteiger partial charge < -0.3 is 20.5 Å². The van der Waals surface area contributed by atoms with Gasteiger partial charge in [-0.25, -0.2) is 4.79 Å². The Hall–Kier alpha value is -1.99. The molecule has 0 saturated heterocycles. The van der Waals surface area contributed by atoms with Crippen LogP contribution in [-0.4, -0.2) is 54.3 Å². The number of anilines is 1. The minimum atomic E-state index is -0.832. The summed E-state index contributed by atoms with van der Waals surface area (Å²) in [4.78, 5) is 24.9. The van der Waals surface area contributed by atoms with E-state index in [1.807, 2.05) is 18.7 Å². The molecule has 25 heavy (non-hydrogen) atoms. The van der Waals surface area contributed by atoms with Crippen LogP contribution in [0.25, 0.3) is 0 Å². The zero-order valence-corrected chi connectivity index (χ0v) is 15.4. The van der Waals surface area contributed by atoms with Crippen LogP contribution < -0.4 is 15.4 Å². The first-order valence-electron chi connectivity index (χ1n) is 8.21. The van der Waals surface area contributed by atoms with Gasteiger partial charge in [-0.3, -0.25) is 9.69 Å². The number of aliphatic carboxylic acids is 1. The maximum atomic E-state index is 12.2. The van der Waals surface area contributed by atoms with Crippen LogP contribution in [0.4, 0.5) is 10.5 Å². The number of hydrogen-bond donors (Lipinski definition) is 3. The maximum Gasteiger partial charge on any atom is 0.319 e. The van der Waals surface area contributed by atoms with Gasteiger partial charge in [0.05, 0.1) is 19.3 Å². The van der Waals surface area contributed by atoms with E-state index in [0.717, 1.165) is 18.4 Å². The van der Waals surface area contributed by atoms with E-state index < -0.39 is 5.97 Å². The number of hydrogen-bond acceptors (Lipinski definition) is 4. The summed E-state index contributed by atoms with van der Waals surface area (Å²) in [5, 5.41) is 15.2. The summed E-state index contributed by atoms with van der Waals surface area (Å²) in [5.74, 6) is -0.336. The van der Waals surface area contributed by atoms with Crippen molar-refractivity contribution >= 4 is 29.3 Å². The van der Waals surface area contributed by atoms with E-state index in [2.05, 4.69) is 10.6 Å². The zero-order valence-electron chi connectivity index (χ0n) is 14.6. The first-order chi connectivity index (χ1) is 11.8. The van der Waals surface area contributed by atoms with Crippen molar-refractivity contribution in [2.75, 3.05) is 25.5 Å². The summed E-state index contributed by atoms with van der Waals surface area (Å²) in [7, 11) is 1.52. The topological polar surface area (TPSA) is 90.9 Å². The maximum absolute atomic E-state index is 12.2. The Balaban J connectivity index is 1.86. The lowest BCUT2D eigenvalue weighted by atomic mass is 9.85. The smallest absolute Gasteiger partial charge is 0.319 e. The van der Waals surface area contributed by atoms with Crippen molar-refractivity contribution in [3.8, 4) is 5.75 Å². The summed E-state index contributed by atoms with van der Waals surface area (Å²) in [6, 6.07) is 3.34. The van der Waals surface area contributed by atoms with Crippen molar-refractivity contribution in [1.29, 1.82) is 0 Å². The summed E-state index contributed by atoms with van der Waals surface area (Å²) in [5.41, 5.74) is 1.40. The van der Waals surface area contributed by atoms with Crippen molar-refractivity contribution in [1.82, 2.24) is 10.2 Å². The number of carbonyl (C=O) groups excluding carboxylic acids is 1. The Kier molecular flexibility index (Phi) is 6.50. The molecule has 7 nitrogen and oxygen atoms in total. The molecule has 1 aromatic rings. The third-order valence-electron chi connectivity index (χ3n) is 4.44. The largest absolute Gasteiger partial charge is 0.495 e. The van der Waals surface area contributed by atoms with Gasteiger partial charge >= 0.3 is 12.0 Å². The van der Waals surface area contributed by atoms with Crippen LogP contribution >= 0.6 is 11.6 Å². The molecule has 0 unspecified atom stereocenters. The van der Waals surface area contributed by atoms with E-state index in [1.165, 1.54) is 7.11 Å². The van der Waals surface area contributed by atoms with E-state index in [9.17, 15) is 9.59 Å². The van der Waals surface area contributed by atoms with Gasteiger partial charge in [-0.1, -0.05) is 18.5 Å². The van der Waals surface area contributed by atoms with Gasteiger partial charge in [0, 0.05) is 23.2 Å². The molecule has 0 spiro atoms. The number of carboxylic acids is 1. The average Bonchev–Trinajstić information content (AvgIpc) is 2.51. The van der Waals surface area contributed by atoms with Crippen LogP contribution in [0, 0.1) is 6.92 Å². The SMILES string of the molecule is CCN(CC(=O)O)C1CC(NC(=O)Nc2cc(C)c(Cl)cc2OC)C1. The lowest BCUT2D eigenvalue weighted by molar-refractivity contribution is -0.139. The number of amides is 2. The standard InChI is InChI=1S/C17H24ClN3O4/c1-4-21(9-16(22)23)12-6-11(7-12)19-17(24)20-14-5-10(2)13(18)8-15(14)25-3/h5,8,11-12H,4,6-7,9H2,1-3H3,(H,22,23)(H2,19,20,24). The Bertz CT molecular complexity index is 647. The number of aryl methyl sites for hydroxylation is 1. The first kappa shape index (κ1) is 19.3. The Labute approximate surface area is 152 Å². The summed E-state index contributed by atoms with van der Waals surface area (Å²) >= 11 is 6.06. The molecule has 0 radical (unpaired) electrons. The van der Waals surface area contributed by atoms with Crippen molar-refractivity contribution < 1.29 is 19.4 Å². The fourth-order valence-corrected chi connectivity index (χ4v) is 3.10. The summed E-state index contributed by atoms with van der Waals surface area (Å²) in [6.07, 6.45) is 1.48. The van der Waals surface area contributed by atoms with Crippen LogP contribution in [0.2, 0.25) is 5.02 Å². The van der Waals surface area contributed by atoms with Crippen LogP contribution in [0.5, 0.6) is 5.75 Å². The molecule has 0 aromatic heterocycles. The lowest BCUT2D eigenvalue weighted by Crippen LogP contribution is -2.55. The van der Waals surface area contributed by atoms with E-state index >= 15 is 0 Å². The van der Waals surface area contributed by atoms with Gasteiger partial charge in [0.25, 0.3) is 0 Å². The fourth-order valence-electron chi connectivity index (χ4n) is 2.95. The van der Waals surface area contributed by atoms with Gasteiger partial charge in [0.2, 0.25) is 0 Å². The molecule has 1 fully saturated rings.